The fraction of sp³-hybridized carbons (Fsp3) is 1.00. The third kappa shape index (κ3) is 4.33. The molecule has 1 heterocycles. The molecule has 3 heteroatoms. The van der Waals surface area contributed by atoms with E-state index in [-0.39, 0.29) is 5.54 Å². The van der Waals surface area contributed by atoms with Gasteiger partial charge in [0.1, 0.15) is 0 Å². The van der Waals surface area contributed by atoms with E-state index < -0.39 is 0 Å². The molecule has 0 saturated carbocycles. The zero-order valence-corrected chi connectivity index (χ0v) is 8.91. The molecule has 0 spiro atoms. The molecule has 3 N–H and O–H groups in total. The summed E-state index contributed by atoms with van der Waals surface area (Å²) in [5, 5.41) is 3.28. The van der Waals surface area contributed by atoms with Gasteiger partial charge >= 0.3 is 0 Å². The normalized spacial score (nSPS) is 19.2. The molecule has 1 aliphatic heterocycles. The predicted molar refractivity (Wildman–Crippen MR) is 56.6 cm³/mol. The molecule has 0 bridgehead atoms. The van der Waals surface area contributed by atoms with Crippen LogP contribution in [-0.2, 0) is 0 Å². The largest absolute Gasteiger partial charge is 0.325 e. The summed E-state index contributed by atoms with van der Waals surface area (Å²) in [4.78, 5) is 0. The molecule has 0 aromatic heterocycles. The molecule has 12 heavy (non-hydrogen) atoms. The quantitative estimate of drug-likeness (QED) is 0.634. The summed E-state index contributed by atoms with van der Waals surface area (Å²) < 4.78 is 0. The van der Waals surface area contributed by atoms with Crippen molar-refractivity contribution in [2.45, 2.75) is 25.8 Å². The van der Waals surface area contributed by atoms with Crippen LogP contribution < -0.4 is 11.1 Å². The number of nitrogens with one attached hydrogen (secondary N) is 1. The molecule has 0 aromatic rings. The van der Waals surface area contributed by atoms with Crippen molar-refractivity contribution >= 4 is 11.8 Å². The lowest BCUT2D eigenvalue weighted by molar-refractivity contribution is 0.341. The summed E-state index contributed by atoms with van der Waals surface area (Å²) in [5.41, 5.74) is 5.87. The van der Waals surface area contributed by atoms with E-state index in [1.54, 1.807) is 0 Å². The number of thioether (sulfide) groups is 1. The molecule has 1 rings (SSSR count). The summed E-state index contributed by atoms with van der Waals surface area (Å²) in [6.45, 7) is 6.63. The van der Waals surface area contributed by atoms with Crippen LogP contribution in [0.2, 0.25) is 0 Å². The van der Waals surface area contributed by atoms with Crippen molar-refractivity contribution in [2.24, 2.45) is 11.7 Å². The Kier molecular flexibility index (Phi) is 3.87. The smallest absolute Gasteiger partial charge is 0.0188 e. The van der Waals surface area contributed by atoms with Crippen LogP contribution in [-0.4, -0.2) is 30.1 Å². The van der Waals surface area contributed by atoms with Gasteiger partial charge in [-0.15, -0.1) is 0 Å². The minimum absolute atomic E-state index is 0.00251. The van der Waals surface area contributed by atoms with Gasteiger partial charge in [-0.3, -0.25) is 0 Å². The van der Waals surface area contributed by atoms with Crippen molar-refractivity contribution in [3.63, 3.8) is 0 Å². The van der Waals surface area contributed by atoms with E-state index in [2.05, 4.69) is 19.2 Å². The Bertz CT molecular complexity index is 127. The summed E-state index contributed by atoms with van der Waals surface area (Å²) in [5.74, 6) is 3.29. The molecular weight excluding hydrogens is 168 g/mol. The maximum absolute atomic E-state index is 5.87. The molecule has 0 aliphatic carbocycles. The molecule has 0 amide bonds. The van der Waals surface area contributed by atoms with Crippen molar-refractivity contribution in [3.8, 4) is 0 Å². The van der Waals surface area contributed by atoms with Gasteiger partial charge in [0.2, 0.25) is 0 Å². The number of rotatable bonds is 5. The predicted octanol–water partition coefficient (Wildman–Crippen LogP) is 1.07. The Balaban J connectivity index is 1.88. The average molecular weight is 188 g/mol. The zero-order valence-electron chi connectivity index (χ0n) is 8.10. The Labute approximate surface area is 79.7 Å². The van der Waals surface area contributed by atoms with Crippen LogP contribution in [0.25, 0.3) is 0 Å². The van der Waals surface area contributed by atoms with Crippen molar-refractivity contribution in [2.75, 3.05) is 24.6 Å². The van der Waals surface area contributed by atoms with Crippen LogP contribution in [0, 0.1) is 5.92 Å². The van der Waals surface area contributed by atoms with Gasteiger partial charge in [-0.2, -0.15) is 11.8 Å². The highest BCUT2D eigenvalue weighted by Gasteiger charge is 2.16. The SMILES string of the molecule is CC(C)(N)CSCCC1CNC1. The van der Waals surface area contributed by atoms with Gasteiger partial charge in [0.25, 0.3) is 0 Å². The van der Waals surface area contributed by atoms with E-state index in [4.69, 9.17) is 5.73 Å². The van der Waals surface area contributed by atoms with Crippen molar-refractivity contribution in [1.29, 1.82) is 0 Å². The second-order valence-corrected chi connectivity index (χ2v) is 5.46. The molecule has 2 nitrogen and oxygen atoms in total. The van der Waals surface area contributed by atoms with Crippen molar-refractivity contribution in [1.82, 2.24) is 5.32 Å². The second-order valence-electron chi connectivity index (χ2n) is 4.35. The van der Waals surface area contributed by atoms with Crippen LogP contribution >= 0.6 is 11.8 Å². The molecule has 0 aromatic carbocycles. The summed E-state index contributed by atoms with van der Waals surface area (Å²) in [6.07, 6.45) is 1.35. The van der Waals surface area contributed by atoms with E-state index in [1.165, 1.54) is 25.3 Å². The Morgan fingerprint density at radius 3 is 2.58 bits per heavy atom. The second kappa shape index (κ2) is 4.49. The summed E-state index contributed by atoms with van der Waals surface area (Å²) in [6, 6.07) is 0. The fourth-order valence-electron chi connectivity index (χ4n) is 1.14. The van der Waals surface area contributed by atoms with Crippen LogP contribution in [0.1, 0.15) is 20.3 Å². The first-order chi connectivity index (χ1) is 5.58. The van der Waals surface area contributed by atoms with E-state index in [0.29, 0.717) is 0 Å². The van der Waals surface area contributed by atoms with Crippen LogP contribution in [0.5, 0.6) is 0 Å². The Hall–Kier alpha value is 0.270. The molecule has 0 atom stereocenters. The lowest BCUT2D eigenvalue weighted by Crippen LogP contribution is -2.42. The first kappa shape index (κ1) is 10.4. The van der Waals surface area contributed by atoms with Gasteiger partial charge in [0.05, 0.1) is 0 Å². The molecule has 1 saturated heterocycles. The Morgan fingerprint density at radius 2 is 2.17 bits per heavy atom. The minimum Gasteiger partial charge on any atom is -0.325 e. The third-order valence-electron chi connectivity index (χ3n) is 2.01. The van der Waals surface area contributed by atoms with E-state index >= 15 is 0 Å². The van der Waals surface area contributed by atoms with Crippen molar-refractivity contribution in [3.05, 3.63) is 0 Å². The number of hydrogen-bond donors (Lipinski definition) is 2. The molecule has 0 radical (unpaired) electrons. The monoisotopic (exact) mass is 188 g/mol. The third-order valence-corrected chi connectivity index (χ3v) is 3.48. The van der Waals surface area contributed by atoms with Gasteiger partial charge in [-0.25, -0.2) is 0 Å². The maximum Gasteiger partial charge on any atom is 0.0188 e. The van der Waals surface area contributed by atoms with Gasteiger partial charge < -0.3 is 11.1 Å². The van der Waals surface area contributed by atoms with E-state index in [1.807, 2.05) is 11.8 Å². The van der Waals surface area contributed by atoms with Gasteiger partial charge in [-0.05, 0) is 45.0 Å². The highest BCUT2D eigenvalue weighted by molar-refractivity contribution is 7.99. The van der Waals surface area contributed by atoms with Gasteiger partial charge in [-0.1, -0.05) is 0 Å². The first-order valence-corrected chi connectivity index (χ1v) is 5.81. The zero-order chi connectivity index (χ0) is 9.03. The Morgan fingerprint density at radius 1 is 1.50 bits per heavy atom. The van der Waals surface area contributed by atoms with Gasteiger partial charge in [0.15, 0.2) is 0 Å². The highest BCUT2D eigenvalue weighted by atomic mass is 32.2. The van der Waals surface area contributed by atoms with Crippen LogP contribution in [0.4, 0.5) is 0 Å². The van der Waals surface area contributed by atoms with Crippen molar-refractivity contribution < 1.29 is 0 Å². The summed E-state index contributed by atoms with van der Waals surface area (Å²) >= 11 is 1.98. The molecule has 1 fully saturated rings. The molecule has 0 unspecified atom stereocenters. The molecule has 72 valence electrons. The molecular formula is C9H20N2S. The van der Waals surface area contributed by atoms with Crippen LogP contribution in [0.3, 0.4) is 0 Å². The molecule has 1 aliphatic rings. The number of hydrogen-bond acceptors (Lipinski definition) is 3. The standard InChI is InChI=1S/C9H20N2S/c1-9(2,10)7-12-4-3-8-5-11-6-8/h8,11H,3-7,10H2,1-2H3. The maximum atomic E-state index is 5.87. The summed E-state index contributed by atoms with van der Waals surface area (Å²) in [7, 11) is 0. The average Bonchev–Trinajstić information content (AvgIpc) is 1.80. The first-order valence-electron chi connectivity index (χ1n) is 4.65. The fourth-order valence-corrected chi connectivity index (χ4v) is 2.31. The topological polar surface area (TPSA) is 38.0 Å². The highest BCUT2D eigenvalue weighted by Crippen LogP contribution is 2.16. The minimum atomic E-state index is 0.00251. The van der Waals surface area contributed by atoms with E-state index in [9.17, 15) is 0 Å². The van der Waals surface area contributed by atoms with E-state index in [0.717, 1.165) is 11.7 Å². The lowest BCUT2D eigenvalue weighted by atomic mass is 10.0. The van der Waals surface area contributed by atoms with Crippen LogP contribution in [0.15, 0.2) is 0 Å². The number of nitrogens with two attached hydrogens (primary N) is 1. The lowest BCUT2D eigenvalue weighted by Gasteiger charge is -2.27. The van der Waals surface area contributed by atoms with Gasteiger partial charge in [0, 0.05) is 11.3 Å².